The summed E-state index contributed by atoms with van der Waals surface area (Å²) in [5.74, 6) is 0. The van der Waals surface area contributed by atoms with Crippen LogP contribution in [0.3, 0.4) is 0 Å². The molecule has 0 aromatic carbocycles. The zero-order valence-corrected chi connectivity index (χ0v) is 7.77. The number of halogens is 5. The Kier molecular flexibility index (Phi) is 5.28. The van der Waals surface area contributed by atoms with Crippen LogP contribution in [-0.4, -0.2) is 22.2 Å². The van der Waals surface area contributed by atoms with E-state index in [0.29, 0.717) is 0 Å². The predicted octanol–water partition coefficient (Wildman–Crippen LogP) is 1.12. The molecular weight excluding hydrogens is 374 g/mol. The van der Waals surface area contributed by atoms with E-state index in [1.54, 1.807) is 0 Å². The molecule has 2 nitrogen and oxygen atoms in total. The summed E-state index contributed by atoms with van der Waals surface area (Å²) < 4.78 is 64.5. The summed E-state index contributed by atoms with van der Waals surface area (Å²) in [7, 11) is 0. The molecule has 0 aromatic heterocycles. The van der Waals surface area contributed by atoms with Gasteiger partial charge in [-0.15, -0.1) is 0 Å². The van der Waals surface area contributed by atoms with E-state index in [0.717, 1.165) is 0 Å². The van der Waals surface area contributed by atoms with Gasteiger partial charge in [0.05, 0.1) is 0 Å². The first kappa shape index (κ1) is 17.1. The molecule has 0 rings (SSSR count). The van der Waals surface area contributed by atoms with Crippen LogP contribution < -0.4 is 0 Å². The van der Waals surface area contributed by atoms with Gasteiger partial charge >= 0.3 is 47.9 Å². The molecule has 69 valence electrons. The van der Waals surface area contributed by atoms with Crippen LogP contribution in [0.2, 0.25) is 0 Å². The van der Waals surface area contributed by atoms with Crippen LogP contribution in [0.5, 0.6) is 0 Å². The van der Waals surface area contributed by atoms with Gasteiger partial charge in [0.25, 0.3) is 0 Å². The van der Waals surface area contributed by atoms with Crippen molar-refractivity contribution in [1.82, 2.24) is 0 Å². The fourth-order valence-electron chi connectivity index (χ4n) is 0. The van der Waals surface area contributed by atoms with Crippen molar-refractivity contribution < 1.29 is 45.0 Å². The van der Waals surface area contributed by atoms with Gasteiger partial charge in [0, 0.05) is 22.4 Å². The summed E-state index contributed by atoms with van der Waals surface area (Å²) in [6, 6.07) is 0. The third-order valence-corrected chi connectivity index (χ3v) is 0. The van der Waals surface area contributed by atoms with Crippen molar-refractivity contribution in [1.29, 1.82) is 0 Å². The van der Waals surface area contributed by atoms with Gasteiger partial charge in [-0.25, -0.2) is 0 Å². The van der Waals surface area contributed by atoms with Crippen LogP contribution in [0.25, 0.3) is 0 Å². The second-order valence-electron chi connectivity index (χ2n) is 0.928. The van der Waals surface area contributed by atoms with Crippen molar-refractivity contribution >= 4 is 18.7 Å². The normalized spacial score (nSPS) is 16.4. The standard InChI is InChI=1S/CO.Ag.F5HOTe/c1-2;;1-7(2,3,4,5)6/h;;6H. The van der Waals surface area contributed by atoms with Crippen molar-refractivity contribution in [3.63, 3.8) is 0 Å². The van der Waals surface area contributed by atoms with Crippen molar-refractivity contribution in [3.8, 4) is 0 Å². The van der Waals surface area contributed by atoms with Crippen LogP contribution in [0.1, 0.15) is 0 Å². The molecule has 0 aliphatic carbocycles. The van der Waals surface area contributed by atoms with Crippen LogP contribution in [0.15, 0.2) is 0 Å². The SMILES string of the molecule is O[Te](F)(F)(F)(F)F.[Ag].[C-]#[O+]. The molecule has 9 heteroatoms. The Morgan fingerprint density at radius 1 is 1.00 bits per heavy atom. The second-order valence-corrected chi connectivity index (χ2v) is 6.23. The molecule has 0 saturated carbocycles. The van der Waals surface area contributed by atoms with E-state index < -0.39 is 18.7 Å². The third kappa shape index (κ3) is 712. The number of hydrogen-bond donors (Lipinski definition) is 1. The van der Waals surface area contributed by atoms with Gasteiger partial charge in [0.2, 0.25) is 0 Å². The molecule has 0 spiro atoms. The summed E-state index contributed by atoms with van der Waals surface area (Å²) in [6.45, 7) is 4.50. The molecule has 0 saturated heterocycles. The van der Waals surface area contributed by atoms with Crippen LogP contribution in [-0.2, 0) is 27.0 Å². The van der Waals surface area contributed by atoms with Gasteiger partial charge in [-0.2, -0.15) is 0 Å². The first-order valence-corrected chi connectivity index (χ1v) is 6.60. The Morgan fingerprint density at radius 3 is 1.00 bits per heavy atom. The van der Waals surface area contributed by atoms with Gasteiger partial charge in [-0.3, -0.25) is 0 Å². The Hall–Kier alpha value is 0.880. The summed E-state index contributed by atoms with van der Waals surface area (Å²) in [4.78, 5) is 0. The monoisotopic (exact) mass is 377 g/mol. The zero-order valence-electron chi connectivity index (χ0n) is 3.96. The molecule has 0 fully saturated rings. The average molecular weight is 375 g/mol. The zero-order chi connectivity index (χ0) is 8.41. The van der Waals surface area contributed by atoms with Crippen LogP contribution in [0.4, 0.5) is 14.5 Å². The molecule has 1 N–H and O–H groups in total. The van der Waals surface area contributed by atoms with E-state index >= 15 is 0 Å². The molecular formula is CHAgF5O2Te. The van der Waals surface area contributed by atoms with Crippen LogP contribution in [0, 0.1) is 6.65 Å². The van der Waals surface area contributed by atoms with E-state index in [9.17, 15) is 14.5 Å². The summed E-state index contributed by atoms with van der Waals surface area (Å²) in [6.07, 6.45) is 0. The van der Waals surface area contributed by atoms with E-state index in [2.05, 4.69) is 6.65 Å². The second kappa shape index (κ2) is 3.09. The fraction of sp³-hybridized carbons (Fsp3) is 0. The van der Waals surface area contributed by atoms with Gasteiger partial charge < -0.3 is 0 Å². The van der Waals surface area contributed by atoms with E-state index in [-0.39, 0.29) is 22.4 Å². The molecule has 10 heavy (non-hydrogen) atoms. The summed E-state index contributed by atoms with van der Waals surface area (Å²) >= 11 is -10.7. The van der Waals surface area contributed by atoms with Gasteiger partial charge in [0.1, 0.15) is 0 Å². The molecule has 0 unspecified atom stereocenters. The molecule has 1 radical (unpaired) electrons. The van der Waals surface area contributed by atoms with Crippen LogP contribution >= 0.6 is 0 Å². The first-order valence-electron chi connectivity index (χ1n) is 1.16. The molecule has 0 aliphatic heterocycles. The topological polar surface area (TPSA) is 40.1 Å². The Bertz CT molecular complexity index is 106. The maximum absolute atomic E-state index is 10.7. The van der Waals surface area contributed by atoms with Crippen molar-refractivity contribution in [2.45, 2.75) is 0 Å². The van der Waals surface area contributed by atoms with Gasteiger partial charge in [0.15, 0.2) is 0 Å². The van der Waals surface area contributed by atoms with E-state index in [1.807, 2.05) is 0 Å². The van der Waals surface area contributed by atoms with Crippen molar-refractivity contribution in [2.75, 3.05) is 0 Å². The molecule has 0 heterocycles. The Labute approximate surface area is 70.2 Å². The average Bonchev–Trinajstić information content (AvgIpc) is 1.30. The Balaban J connectivity index is -0.000000149. The van der Waals surface area contributed by atoms with Gasteiger partial charge in [-0.05, 0) is 0 Å². The summed E-state index contributed by atoms with van der Waals surface area (Å²) in [5.41, 5.74) is 0. The fourth-order valence-corrected chi connectivity index (χ4v) is 0. The molecule has 0 aromatic rings. The molecule has 0 amide bonds. The first-order chi connectivity index (χ1) is 3.45. The maximum atomic E-state index is 10.1. The quantitative estimate of drug-likeness (QED) is 0.293. The minimum atomic E-state index is -10.7. The predicted molar refractivity (Wildman–Crippen MR) is 17.4 cm³/mol. The van der Waals surface area contributed by atoms with Crippen molar-refractivity contribution in [2.24, 2.45) is 0 Å². The minimum absolute atomic E-state index is 0. The Morgan fingerprint density at radius 2 is 1.00 bits per heavy atom. The van der Waals surface area contributed by atoms with E-state index in [1.165, 1.54) is 0 Å². The molecule has 0 bridgehead atoms. The third-order valence-electron chi connectivity index (χ3n) is 0. The molecule has 0 aliphatic rings. The van der Waals surface area contributed by atoms with Crippen molar-refractivity contribution in [3.05, 3.63) is 6.65 Å². The molecule has 0 atom stereocenters. The van der Waals surface area contributed by atoms with Gasteiger partial charge in [-0.1, -0.05) is 0 Å². The summed E-state index contributed by atoms with van der Waals surface area (Å²) in [5, 5.41) is 0. The van der Waals surface area contributed by atoms with E-state index in [4.69, 9.17) is 8.12 Å². The number of rotatable bonds is 0. The number of hydrogen-bond acceptors (Lipinski definition) is 1.